The van der Waals surface area contributed by atoms with E-state index in [0.29, 0.717) is 12.1 Å². The highest BCUT2D eigenvalue weighted by Gasteiger charge is 2.19. The molecule has 1 aromatic carbocycles. The van der Waals surface area contributed by atoms with Crippen molar-refractivity contribution in [3.8, 4) is 0 Å². The Balaban J connectivity index is 1.82. The fourth-order valence-electron chi connectivity index (χ4n) is 1.77. The Hall–Kier alpha value is -0.930. The first-order chi connectivity index (χ1) is 7.24. The quantitative estimate of drug-likeness (QED) is 0.815. The third-order valence-corrected chi connectivity index (χ3v) is 2.61. The Kier molecular flexibility index (Phi) is 3.34. The van der Waals surface area contributed by atoms with Gasteiger partial charge in [-0.2, -0.15) is 0 Å². The van der Waals surface area contributed by atoms with Gasteiger partial charge in [0.2, 0.25) is 0 Å². The molecule has 1 fully saturated rings. The Morgan fingerprint density at radius 3 is 2.60 bits per heavy atom. The average molecular weight is 209 g/mol. The summed E-state index contributed by atoms with van der Waals surface area (Å²) in [6.07, 6.45) is 0.927. The van der Waals surface area contributed by atoms with E-state index in [2.05, 4.69) is 12.2 Å². The van der Waals surface area contributed by atoms with E-state index in [0.717, 1.165) is 25.2 Å². The van der Waals surface area contributed by atoms with E-state index in [1.54, 1.807) is 0 Å². The number of nitrogens with one attached hydrogen (secondary N) is 1. The summed E-state index contributed by atoms with van der Waals surface area (Å²) in [4.78, 5) is 0. The summed E-state index contributed by atoms with van der Waals surface area (Å²) in [5.41, 5.74) is 1.16. The van der Waals surface area contributed by atoms with Gasteiger partial charge in [0.15, 0.2) is 0 Å². The van der Waals surface area contributed by atoms with Crippen LogP contribution in [0.5, 0.6) is 0 Å². The summed E-state index contributed by atoms with van der Waals surface area (Å²) in [5, 5.41) is 3.46. The molecule has 1 atom stereocenters. The van der Waals surface area contributed by atoms with Gasteiger partial charge in [0.1, 0.15) is 5.82 Å². The Labute approximate surface area is 89.4 Å². The fraction of sp³-hybridized carbons (Fsp3) is 0.500. The predicted molar refractivity (Wildman–Crippen MR) is 57.3 cm³/mol. The highest BCUT2D eigenvalue weighted by Crippen LogP contribution is 2.08. The molecule has 1 aliphatic rings. The van der Waals surface area contributed by atoms with Crippen LogP contribution in [-0.2, 0) is 11.2 Å². The van der Waals surface area contributed by atoms with Gasteiger partial charge in [-0.1, -0.05) is 12.1 Å². The van der Waals surface area contributed by atoms with Crippen LogP contribution in [0.2, 0.25) is 0 Å². The molecule has 0 amide bonds. The zero-order valence-electron chi connectivity index (χ0n) is 8.87. The number of ether oxygens (including phenoxy) is 1. The zero-order valence-corrected chi connectivity index (χ0v) is 8.87. The largest absolute Gasteiger partial charge is 0.378 e. The van der Waals surface area contributed by atoms with Crippen molar-refractivity contribution < 1.29 is 9.13 Å². The molecule has 2 nitrogen and oxygen atoms in total. The van der Waals surface area contributed by atoms with Crippen LogP contribution in [0, 0.1) is 5.82 Å². The van der Waals surface area contributed by atoms with E-state index in [-0.39, 0.29) is 5.82 Å². The molecule has 82 valence electrons. The van der Waals surface area contributed by atoms with Crippen molar-refractivity contribution in [1.82, 2.24) is 5.32 Å². The molecule has 1 aromatic rings. The second kappa shape index (κ2) is 4.73. The van der Waals surface area contributed by atoms with E-state index < -0.39 is 0 Å². The van der Waals surface area contributed by atoms with Crippen LogP contribution in [0.3, 0.4) is 0 Å². The molecule has 1 heterocycles. The van der Waals surface area contributed by atoms with Gasteiger partial charge >= 0.3 is 0 Å². The molecule has 2 rings (SSSR count). The first kappa shape index (κ1) is 10.6. The van der Waals surface area contributed by atoms with Crippen LogP contribution < -0.4 is 5.32 Å². The van der Waals surface area contributed by atoms with Crippen LogP contribution in [0.25, 0.3) is 0 Å². The summed E-state index contributed by atoms with van der Waals surface area (Å²) in [6.45, 7) is 3.77. The minimum absolute atomic E-state index is 0.174. The second-order valence-electron chi connectivity index (χ2n) is 4.13. The molecular formula is C12H16FNO. The van der Waals surface area contributed by atoms with Crippen molar-refractivity contribution in [3.05, 3.63) is 35.6 Å². The van der Waals surface area contributed by atoms with Gasteiger partial charge in [-0.15, -0.1) is 0 Å². The molecule has 0 bridgehead atoms. The monoisotopic (exact) mass is 209 g/mol. The van der Waals surface area contributed by atoms with Crippen molar-refractivity contribution in [3.63, 3.8) is 0 Å². The van der Waals surface area contributed by atoms with E-state index in [4.69, 9.17) is 4.74 Å². The molecule has 0 aliphatic carbocycles. The van der Waals surface area contributed by atoms with Crippen LogP contribution in [-0.4, -0.2) is 25.3 Å². The molecule has 0 radical (unpaired) electrons. The molecule has 0 spiro atoms. The molecule has 15 heavy (non-hydrogen) atoms. The van der Waals surface area contributed by atoms with E-state index in [9.17, 15) is 4.39 Å². The van der Waals surface area contributed by atoms with E-state index in [1.807, 2.05) is 12.1 Å². The molecule has 1 aliphatic heterocycles. The molecule has 1 unspecified atom stereocenters. The lowest BCUT2D eigenvalue weighted by Crippen LogP contribution is -2.50. The fourth-order valence-corrected chi connectivity index (χ4v) is 1.77. The van der Waals surface area contributed by atoms with Gasteiger partial charge in [-0.3, -0.25) is 0 Å². The minimum Gasteiger partial charge on any atom is -0.378 e. The van der Waals surface area contributed by atoms with Crippen LogP contribution in [0.15, 0.2) is 24.3 Å². The number of hydrogen-bond donors (Lipinski definition) is 1. The third kappa shape index (κ3) is 3.01. The highest BCUT2D eigenvalue weighted by molar-refractivity contribution is 5.17. The van der Waals surface area contributed by atoms with E-state index in [1.165, 1.54) is 12.1 Å². The maximum absolute atomic E-state index is 12.7. The summed E-state index contributed by atoms with van der Waals surface area (Å²) in [5.74, 6) is -0.174. The van der Waals surface area contributed by atoms with Crippen LogP contribution >= 0.6 is 0 Å². The highest BCUT2D eigenvalue weighted by atomic mass is 19.1. The predicted octanol–water partition coefficient (Wildman–Crippen LogP) is 1.75. The van der Waals surface area contributed by atoms with Gasteiger partial charge in [-0.05, 0) is 31.0 Å². The Morgan fingerprint density at radius 2 is 2.07 bits per heavy atom. The number of hydrogen-bond acceptors (Lipinski definition) is 2. The minimum atomic E-state index is -0.174. The normalized spacial score (nSPS) is 18.5. The van der Waals surface area contributed by atoms with Gasteiger partial charge in [0.25, 0.3) is 0 Å². The number of benzene rings is 1. The number of halogens is 1. The molecule has 0 aromatic heterocycles. The van der Waals surface area contributed by atoms with Gasteiger partial charge in [0.05, 0.1) is 19.3 Å². The SMILES string of the molecule is CC(Cc1ccc(F)cc1)NC1COC1. The topological polar surface area (TPSA) is 21.3 Å². The second-order valence-corrected chi connectivity index (χ2v) is 4.13. The van der Waals surface area contributed by atoms with Crippen molar-refractivity contribution >= 4 is 0 Å². The summed E-state index contributed by atoms with van der Waals surface area (Å²) in [7, 11) is 0. The third-order valence-electron chi connectivity index (χ3n) is 2.61. The lowest BCUT2D eigenvalue weighted by molar-refractivity contribution is -0.00908. The van der Waals surface area contributed by atoms with Gasteiger partial charge in [0, 0.05) is 6.04 Å². The van der Waals surface area contributed by atoms with Crippen molar-refractivity contribution in [2.24, 2.45) is 0 Å². The lowest BCUT2D eigenvalue weighted by Gasteiger charge is -2.30. The molecule has 3 heteroatoms. The molecule has 1 N–H and O–H groups in total. The average Bonchev–Trinajstić information content (AvgIpc) is 2.16. The summed E-state index contributed by atoms with van der Waals surface area (Å²) >= 11 is 0. The molecular weight excluding hydrogens is 193 g/mol. The van der Waals surface area contributed by atoms with Crippen molar-refractivity contribution in [1.29, 1.82) is 0 Å². The molecule has 1 saturated heterocycles. The molecule has 0 saturated carbocycles. The van der Waals surface area contributed by atoms with E-state index >= 15 is 0 Å². The summed E-state index contributed by atoms with van der Waals surface area (Å²) in [6, 6.07) is 7.60. The van der Waals surface area contributed by atoms with Gasteiger partial charge in [-0.25, -0.2) is 4.39 Å². The zero-order chi connectivity index (χ0) is 10.7. The Bertz CT molecular complexity index is 308. The van der Waals surface area contributed by atoms with Crippen molar-refractivity contribution in [2.45, 2.75) is 25.4 Å². The van der Waals surface area contributed by atoms with Crippen molar-refractivity contribution in [2.75, 3.05) is 13.2 Å². The maximum Gasteiger partial charge on any atom is 0.123 e. The Morgan fingerprint density at radius 1 is 1.40 bits per heavy atom. The van der Waals surface area contributed by atoms with Crippen LogP contribution in [0.4, 0.5) is 4.39 Å². The standard InChI is InChI=1S/C12H16FNO/c1-9(14-12-7-15-8-12)6-10-2-4-11(13)5-3-10/h2-5,9,12,14H,6-8H2,1H3. The lowest BCUT2D eigenvalue weighted by atomic mass is 10.1. The smallest absolute Gasteiger partial charge is 0.123 e. The first-order valence-corrected chi connectivity index (χ1v) is 5.32. The van der Waals surface area contributed by atoms with Gasteiger partial charge < -0.3 is 10.1 Å². The first-order valence-electron chi connectivity index (χ1n) is 5.32. The summed E-state index contributed by atoms with van der Waals surface area (Å²) < 4.78 is 17.8. The number of rotatable bonds is 4. The maximum atomic E-state index is 12.7. The van der Waals surface area contributed by atoms with Crippen LogP contribution in [0.1, 0.15) is 12.5 Å².